The van der Waals surface area contributed by atoms with Gasteiger partial charge in [-0.25, -0.2) is 0 Å². The van der Waals surface area contributed by atoms with Gasteiger partial charge in [0.25, 0.3) is 0 Å². The molecule has 0 fully saturated rings. The molecule has 6 heteroatoms. The minimum Gasteiger partial charge on any atom is -0.467 e. The fourth-order valence-corrected chi connectivity index (χ4v) is 3.48. The van der Waals surface area contributed by atoms with Gasteiger partial charge in [0, 0.05) is 31.1 Å². The molecule has 29 heavy (non-hydrogen) atoms. The van der Waals surface area contributed by atoms with Gasteiger partial charge in [-0.05, 0) is 61.4 Å². The molecule has 1 aliphatic rings. The SMILES string of the molecule is Cc1cc(C=CC(=O)N(C)Cc2ccc3c(c2)OCO3)c(C)n1Cc1ccco1. The molecule has 0 radical (unpaired) electrons. The zero-order chi connectivity index (χ0) is 20.4. The van der Waals surface area contributed by atoms with Crippen LogP contribution in [-0.4, -0.2) is 29.2 Å². The maximum atomic E-state index is 12.6. The first-order chi connectivity index (χ1) is 14.0. The largest absolute Gasteiger partial charge is 0.467 e. The number of ether oxygens (including phenoxy) is 2. The van der Waals surface area contributed by atoms with E-state index in [1.807, 2.05) is 36.4 Å². The number of furan rings is 1. The van der Waals surface area contributed by atoms with E-state index in [1.54, 1.807) is 24.3 Å². The number of benzene rings is 1. The molecular weight excluding hydrogens is 368 g/mol. The summed E-state index contributed by atoms with van der Waals surface area (Å²) in [6.45, 7) is 5.53. The Morgan fingerprint density at radius 2 is 2.00 bits per heavy atom. The van der Waals surface area contributed by atoms with Gasteiger partial charge < -0.3 is 23.4 Å². The minimum absolute atomic E-state index is 0.0569. The molecule has 4 rings (SSSR count). The molecule has 3 aromatic rings. The number of carbonyl (C=O) groups excluding carboxylic acids is 1. The Bertz CT molecular complexity index is 1050. The van der Waals surface area contributed by atoms with Crippen LogP contribution < -0.4 is 9.47 Å². The number of likely N-dealkylation sites (N-methyl/N-ethyl adjacent to an activating group) is 1. The van der Waals surface area contributed by atoms with Gasteiger partial charge in [0.2, 0.25) is 12.7 Å². The molecule has 6 nitrogen and oxygen atoms in total. The lowest BCUT2D eigenvalue weighted by Crippen LogP contribution is -2.24. The Kier molecular flexibility index (Phi) is 5.16. The Labute approximate surface area is 169 Å². The molecule has 0 unspecified atom stereocenters. The average Bonchev–Trinajstić information content (AvgIpc) is 3.43. The molecule has 1 aromatic carbocycles. The fraction of sp³-hybridized carbons (Fsp3) is 0.261. The molecule has 0 saturated heterocycles. The van der Waals surface area contributed by atoms with Gasteiger partial charge in [-0.15, -0.1) is 0 Å². The second-order valence-corrected chi connectivity index (χ2v) is 7.21. The van der Waals surface area contributed by atoms with Crippen molar-refractivity contribution in [3.8, 4) is 11.5 Å². The van der Waals surface area contributed by atoms with Crippen LogP contribution in [-0.2, 0) is 17.9 Å². The molecule has 0 bridgehead atoms. The number of amides is 1. The summed E-state index contributed by atoms with van der Waals surface area (Å²) < 4.78 is 18.4. The Hall–Kier alpha value is -3.41. The third-order valence-corrected chi connectivity index (χ3v) is 5.15. The van der Waals surface area contributed by atoms with Crippen LogP contribution in [0, 0.1) is 13.8 Å². The third kappa shape index (κ3) is 4.06. The lowest BCUT2D eigenvalue weighted by molar-refractivity contribution is -0.125. The minimum atomic E-state index is -0.0569. The van der Waals surface area contributed by atoms with E-state index in [-0.39, 0.29) is 12.7 Å². The van der Waals surface area contributed by atoms with E-state index >= 15 is 0 Å². The molecular formula is C23H24N2O4. The van der Waals surface area contributed by atoms with Crippen molar-refractivity contribution in [1.29, 1.82) is 0 Å². The summed E-state index contributed by atoms with van der Waals surface area (Å²) in [5.74, 6) is 2.32. The quantitative estimate of drug-likeness (QED) is 0.592. The van der Waals surface area contributed by atoms with Crippen LogP contribution in [0.3, 0.4) is 0 Å². The van der Waals surface area contributed by atoms with E-state index in [1.165, 1.54) is 0 Å². The van der Waals surface area contributed by atoms with Crippen molar-refractivity contribution < 1.29 is 18.7 Å². The van der Waals surface area contributed by atoms with Gasteiger partial charge in [-0.2, -0.15) is 0 Å². The van der Waals surface area contributed by atoms with Crippen molar-refractivity contribution >= 4 is 12.0 Å². The first-order valence-corrected chi connectivity index (χ1v) is 9.52. The van der Waals surface area contributed by atoms with Gasteiger partial charge in [-0.1, -0.05) is 6.07 Å². The molecule has 1 aliphatic heterocycles. The van der Waals surface area contributed by atoms with Crippen molar-refractivity contribution in [1.82, 2.24) is 9.47 Å². The van der Waals surface area contributed by atoms with Gasteiger partial charge in [0.05, 0.1) is 12.8 Å². The normalized spacial score (nSPS) is 12.7. The summed E-state index contributed by atoms with van der Waals surface area (Å²) in [5.41, 5.74) is 4.25. The van der Waals surface area contributed by atoms with Crippen LogP contribution in [0.25, 0.3) is 6.08 Å². The van der Waals surface area contributed by atoms with Crippen LogP contribution in [0.5, 0.6) is 11.5 Å². The van der Waals surface area contributed by atoms with Crippen LogP contribution in [0.15, 0.2) is 53.2 Å². The molecule has 3 heterocycles. The van der Waals surface area contributed by atoms with E-state index in [0.717, 1.165) is 39.8 Å². The summed E-state index contributed by atoms with van der Waals surface area (Å²) in [5, 5.41) is 0. The van der Waals surface area contributed by atoms with Crippen molar-refractivity contribution in [2.24, 2.45) is 0 Å². The van der Waals surface area contributed by atoms with E-state index in [0.29, 0.717) is 13.1 Å². The van der Waals surface area contributed by atoms with Crippen LogP contribution in [0.4, 0.5) is 0 Å². The highest BCUT2D eigenvalue weighted by molar-refractivity contribution is 5.91. The maximum Gasteiger partial charge on any atom is 0.246 e. The smallest absolute Gasteiger partial charge is 0.246 e. The van der Waals surface area contributed by atoms with Gasteiger partial charge in [0.1, 0.15) is 5.76 Å². The summed E-state index contributed by atoms with van der Waals surface area (Å²) >= 11 is 0. The highest BCUT2D eigenvalue weighted by Crippen LogP contribution is 2.32. The zero-order valence-electron chi connectivity index (χ0n) is 16.8. The molecule has 1 amide bonds. The predicted molar refractivity (Wildman–Crippen MR) is 110 cm³/mol. The Morgan fingerprint density at radius 3 is 2.79 bits per heavy atom. The highest BCUT2D eigenvalue weighted by Gasteiger charge is 2.15. The predicted octanol–water partition coefficient (Wildman–Crippen LogP) is 4.15. The van der Waals surface area contributed by atoms with E-state index in [4.69, 9.17) is 13.9 Å². The third-order valence-electron chi connectivity index (χ3n) is 5.15. The van der Waals surface area contributed by atoms with Crippen molar-refractivity contribution in [3.63, 3.8) is 0 Å². The number of aryl methyl sites for hydroxylation is 1. The number of nitrogens with zero attached hydrogens (tertiary/aromatic N) is 2. The standard InChI is InChI=1S/C23H24N2O4/c1-16-11-19(17(2)25(16)14-20-5-4-10-27-20)7-9-23(26)24(3)13-18-6-8-21-22(12-18)29-15-28-21/h4-12H,13-15H2,1-3H3. The van der Waals surface area contributed by atoms with Gasteiger partial charge >= 0.3 is 0 Å². The lowest BCUT2D eigenvalue weighted by Gasteiger charge is -2.15. The van der Waals surface area contributed by atoms with Gasteiger partial charge in [0.15, 0.2) is 11.5 Å². The van der Waals surface area contributed by atoms with Gasteiger partial charge in [-0.3, -0.25) is 4.79 Å². The van der Waals surface area contributed by atoms with E-state index in [9.17, 15) is 4.79 Å². The number of fused-ring (bicyclic) bond motifs is 1. The monoisotopic (exact) mass is 392 g/mol. The Balaban J connectivity index is 1.42. The van der Waals surface area contributed by atoms with Crippen molar-refractivity contribution in [2.45, 2.75) is 26.9 Å². The fourth-order valence-electron chi connectivity index (χ4n) is 3.48. The molecule has 0 saturated carbocycles. The number of aromatic nitrogens is 1. The molecule has 0 atom stereocenters. The molecule has 0 spiro atoms. The van der Waals surface area contributed by atoms with E-state index < -0.39 is 0 Å². The number of hydrogen-bond acceptors (Lipinski definition) is 4. The maximum absolute atomic E-state index is 12.6. The zero-order valence-corrected chi connectivity index (χ0v) is 16.8. The molecule has 2 aromatic heterocycles. The topological polar surface area (TPSA) is 56.8 Å². The van der Waals surface area contributed by atoms with Crippen LogP contribution in [0.2, 0.25) is 0 Å². The second kappa shape index (κ2) is 7.91. The summed E-state index contributed by atoms with van der Waals surface area (Å²) in [4.78, 5) is 14.3. The first-order valence-electron chi connectivity index (χ1n) is 9.52. The Morgan fingerprint density at radius 1 is 1.17 bits per heavy atom. The number of hydrogen-bond donors (Lipinski definition) is 0. The molecule has 0 N–H and O–H groups in total. The van der Waals surface area contributed by atoms with Crippen LogP contribution >= 0.6 is 0 Å². The van der Waals surface area contributed by atoms with Crippen molar-refractivity contribution in [2.75, 3.05) is 13.8 Å². The molecule has 0 aliphatic carbocycles. The number of carbonyl (C=O) groups is 1. The van der Waals surface area contributed by atoms with E-state index in [2.05, 4.69) is 24.5 Å². The lowest BCUT2D eigenvalue weighted by atomic mass is 10.2. The number of rotatable bonds is 6. The summed E-state index contributed by atoms with van der Waals surface area (Å²) in [6, 6.07) is 11.7. The summed E-state index contributed by atoms with van der Waals surface area (Å²) in [6.07, 6.45) is 5.17. The van der Waals surface area contributed by atoms with Crippen LogP contribution in [0.1, 0.15) is 28.3 Å². The van der Waals surface area contributed by atoms with Crippen molar-refractivity contribution in [3.05, 3.63) is 77.0 Å². The molecule has 150 valence electrons. The highest BCUT2D eigenvalue weighted by atomic mass is 16.7. The second-order valence-electron chi connectivity index (χ2n) is 7.21. The summed E-state index contributed by atoms with van der Waals surface area (Å²) in [7, 11) is 1.79. The average molecular weight is 392 g/mol. The first kappa shape index (κ1) is 18.9.